The van der Waals surface area contributed by atoms with Crippen LogP contribution in [-0.4, -0.2) is 32.6 Å². The summed E-state index contributed by atoms with van der Waals surface area (Å²) in [7, 11) is 0. The number of nitrogens with one attached hydrogen (secondary N) is 2. The summed E-state index contributed by atoms with van der Waals surface area (Å²) < 4.78 is 2.09. The first-order valence-corrected chi connectivity index (χ1v) is 9.41. The summed E-state index contributed by atoms with van der Waals surface area (Å²) in [5, 5.41) is 7.40. The molecule has 0 saturated carbocycles. The maximum Gasteiger partial charge on any atom is 0.206 e. The van der Waals surface area contributed by atoms with Gasteiger partial charge in [0.15, 0.2) is 17.3 Å². The van der Waals surface area contributed by atoms with Gasteiger partial charge in [-0.15, -0.1) is 0 Å². The van der Waals surface area contributed by atoms with Crippen LogP contribution in [0.5, 0.6) is 0 Å². The third-order valence-electron chi connectivity index (χ3n) is 4.06. The van der Waals surface area contributed by atoms with E-state index in [0.717, 1.165) is 52.8 Å². The first-order chi connectivity index (χ1) is 12.5. The van der Waals surface area contributed by atoms with Gasteiger partial charge in [-0.05, 0) is 31.5 Å². The predicted octanol–water partition coefficient (Wildman–Crippen LogP) is 4.47. The Morgan fingerprint density at radius 1 is 1.00 bits per heavy atom. The Kier molecular flexibility index (Phi) is 5.61. The largest absolute Gasteiger partial charge is 0.368 e. The van der Waals surface area contributed by atoms with Crippen molar-refractivity contribution in [1.29, 1.82) is 0 Å². The molecule has 7 heteroatoms. The van der Waals surface area contributed by atoms with Crippen LogP contribution in [0.25, 0.3) is 11.5 Å². The topological polar surface area (TPSA) is 67.7 Å². The number of anilines is 2. The molecular formula is C19H25ClN6. The maximum atomic E-state index is 6.02. The third kappa shape index (κ3) is 3.75. The van der Waals surface area contributed by atoms with Crippen molar-refractivity contribution in [3.63, 3.8) is 0 Å². The maximum absolute atomic E-state index is 6.02. The zero-order chi connectivity index (χ0) is 18.7. The zero-order valence-electron chi connectivity index (χ0n) is 15.7. The molecule has 0 bridgehead atoms. The van der Waals surface area contributed by atoms with E-state index in [1.807, 2.05) is 24.3 Å². The number of hydrogen-bond donors (Lipinski definition) is 2. The van der Waals surface area contributed by atoms with E-state index in [9.17, 15) is 0 Å². The molecule has 0 fully saturated rings. The van der Waals surface area contributed by atoms with E-state index in [0.29, 0.717) is 6.54 Å². The molecule has 0 radical (unpaired) electrons. The fourth-order valence-corrected chi connectivity index (χ4v) is 2.91. The molecule has 3 rings (SSSR count). The van der Waals surface area contributed by atoms with Crippen molar-refractivity contribution in [2.45, 2.75) is 40.2 Å². The van der Waals surface area contributed by atoms with Gasteiger partial charge in [0.2, 0.25) is 5.95 Å². The molecule has 0 atom stereocenters. The van der Waals surface area contributed by atoms with Crippen LogP contribution in [0, 0.1) is 0 Å². The Bertz CT molecular complexity index is 840. The second-order valence-electron chi connectivity index (χ2n) is 6.47. The summed E-state index contributed by atoms with van der Waals surface area (Å²) in [5.74, 6) is 3.47. The lowest BCUT2D eigenvalue weighted by Crippen LogP contribution is -2.17. The van der Waals surface area contributed by atoms with Crippen LogP contribution < -0.4 is 10.6 Å². The smallest absolute Gasteiger partial charge is 0.206 e. The van der Waals surface area contributed by atoms with Gasteiger partial charge in [-0.2, -0.15) is 4.98 Å². The van der Waals surface area contributed by atoms with E-state index in [2.05, 4.69) is 42.9 Å². The van der Waals surface area contributed by atoms with Gasteiger partial charge in [-0.3, -0.25) is 4.57 Å². The predicted molar refractivity (Wildman–Crippen MR) is 107 cm³/mol. The molecule has 2 aliphatic heterocycles. The van der Waals surface area contributed by atoms with Crippen molar-refractivity contribution < 1.29 is 0 Å². The highest BCUT2D eigenvalue weighted by atomic mass is 35.5. The minimum absolute atomic E-state index is 0.253. The highest BCUT2D eigenvalue weighted by Crippen LogP contribution is 2.32. The number of imidazole rings is 1. The number of aromatic nitrogens is 4. The summed E-state index contributed by atoms with van der Waals surface area (Å²) >= 11 is 6.02. The number of fused-ring (bicyclic) bond motifs is 1. The first-order valence-electron chi connectivity index (χ1n) is 9.03. The SMILES string of the molecule is CCNc1nc(NCC)n(Cc2ccc(Cl)cc2)c2nc(C(C)C)nc1-2. The molecule has 0 aliphatic carbocycles. The van der Waals surface area contributed by atoms with Gasteiger partial charge in [-0.1, -0.05) is 37.6 Å². The second-order valence-corrected chi connectivity index (χ2v) is 6.90. The van der Waals surface area contributed by atoms with E-state index < -0.39 is 0 Å². The molecule has 0 spiro atoms. The fourth-order valence-electron chi connectivity index (χ4n) is 2.78. The van der Waals surface area contributed by atoms with Crippen molar-refractivity contribution >= 4 is 23.4 Å². The molecule has 26 heavy (non-hydrogen) atoms. The standard InChI is InChI=1S/C19H25ClN6/c1-5-21-17-15-18(24-16(23-15)12(3)4)26(19(25-17)22-6-2)11-13-7-9-14(20)10-8-13/h7-10,12,21H,5-6,11H2,1-4H3,(H,22,25). The summed E-state index contributed by atoms with van der Waals surface area (Å²) in [5.41, 5.74) is 1.94. The average molecular weight is 373 g/mol. The van der Waals surface area contributed by atoms with Crippen LogP contribution in [0.15, 0.2) is 24.3 Å². The lowest BCUT2D eigenvalue weighted by molar-refractivity contribution is 0.755. The van der Waals surface area contributed by atoms with Crippen molar-refractivity contribution in [2.75, 3.05) is 23.7 Å². The van der Waals surface area contributed by atoms with Crippen LogP contribution in [0.3, 0.4) is 0 Å². The van der Waals surface area contributed by atoms with Gasteiger partial charge in [-0.25, -0.2) is 9.97 Å². The van der Waals surface area contributed by atoms with Crippen LogP contribution >= 0.6 is 11.6 Å². The minimum Gasteiger partial charge on any atom is -0.368 e. The monoisotopic (exact) mass is 372 g/mol. The van der Waals surface area contributed by atoms with Gasteiger partial charge in [0, 0.05) is 24.0 Å². The van der Waals surface area contributed by atoms with E-state index in [1.165, 1.54) is 0 Å². The molecule has 138 valence electrons. The van der Waals surface area contributed by atoms with E-state index in [-0.39, 0.29) is 5.92 Å². The lowest BCUT2D eigenvalue weighted by Gasteiger charge is -2.19. The summed E-state index contributed by atoms with van der Waals surface area (Å²) in [6.07, 6.45) is 0. The number of benzene rings is 1. The molecule has 2 heterocycles. The fraction of sp³-hybridized carbons (Fsp3) is 0.421. The minimum atomic E-state index is 0.253. The lowest BCUT2D eigenvalue weighted by atomic mass is 10.2. The molecule has 2 N–H and O–H groups in total. The second kappa shape index (κ2) is 7.91. The quantitative estimate of drug-likeness (QED) is 0.640. The number of nitrogens with zero attached hydrogens (tertiary/aromatic N) is 4. The third-order valence-corrected chi connectivity index (χ3v) is 4.31. The van der Waals surface area contributed by atoms with Crippen LogP contribution in [0.1, 0.15) is 45.0 Å². The Hall–Kier alpha value is -2.34. The first kappa shape index (κ1) is 18.5. The summed E-state index contributed by atoms with van der Waals surface area (Å²) in [6.45, 7) is 10.5. The Morgan fingerprint density at radius 2 is 1.69 bits per heavy atom. The van der Waals surface area contributed by atoms with Gasteiger partial charge in [0.25, 0.3) is 0 Å². The zero-order valence-corrected chi connectivity index (χ0v) is 16.4. The van der Waals surface area contributed by atoms with Gasteiger partial charge >= 0.3 is 0 Å². The number of rotatable bonds is 7. The summed E-state index contributed by atoms with van der Waals surface area (Å²) in [6, 6.07) is 7.85. The van der Waals surface area contributed by atoms with Crippen molar-refractivity contribution in [3.8, 4) is 11.5 Å². The molecule has 0 unspecified atom stereocenters. The van der Waals surface area contributed by atoms with E-state index in [4.69, 9.17) is 26.6 Å². The highest BCUT2D eigenvalue weighted by molar-refractivity contribution is 6.30. The number of hydrogen-bond acceptors (Lipinski definition) is 5. The molecular weight excluding hydrogens is 348 g/mol. The normalized spacial score (nSPS) is 11.3. The molecule has 0 aromatic heterocycles. The van der Waals surface area contributed by atoms with Gasteiger partial charge < -0.3 is 10.6 Å². The number of halogens is 1. The van der Waals surface area contributed by atoms with Gasteiger partial charge in [0.1, 0.15) is 5.82 Å². The Morgan fingerprint density at radius 3 is 2.31 bits per heavy atom. The van der Waals surface area contributed by atoms with Gasteiger partial charge in [0.05, 0.1) is 6.54 Å². The molecule has 1 aromatic rings. The molecule has 0 amide bonds. The Balaban J connectivity index is 2.15. The van der Waals surface area contributed by atoms with Crippen LogP contribution in [0.4, 0.5) is 11.8 Å². The Labute approximate surface area is 159 Å². The molecule has 0 saturated heterocycles. The van der Waals surface area contributed by atoms with E-state index in [1.54, 1.807) is 0 Å². The van der Waals surface area contributed by atoms with Crippen LogP contribution in [-0.2, 0) is 6.54 Å². The van der Waals surface area contributed by atoms with Crippen LogP contribution in [0.2, 0.25) is 5.02 Å². The molecule has 1 aromatic carbocycles. The molecule has 2 aliphatic rings. The van der Waals surface area contributed by atoms with Crippen molar-refractivity contribution in [2.24, 2.45) is 0 Å². The summed E-state index contributed by atoms with van der Waals surface area (Å²) in [4.78, 5) is 14.3. The molecule has 6 nitrogen and oxygen atoms in total. The van der Waals surface area contributed by atoms with E-state index >= 15 is 0 Å². The van der Waals surface area contributed by atoms with Crippen molar-refractivity contribution in [3.05, 3.63) is 40.7 Å². The highest BCUT2D eigenvalue weighted by Gasteiger charge is 2.24. The van der Waals surface area contributed by atoms with Crippen molar-refractivity contribution in [1.82, 2.24) is 19.5 Å². The average Bonchev–Trinajstić information content (AvgIpc) is 3.06.